The van der Waals surface area contributed by atoms with E-state index in [0.29, 0.717) is 22.2 Å². The van der Waals surface area contributed by atoms with Crippen molar-refractivity contribution in [1.82, 2.24) is 4.98 Å². The van der Waals surface area contributed by atoms with E-state index in [1.807, 2.05) is 0 Å². The maximum atomic E-state index is 12.8. The van der Waals surface area contributed by atoms with Gasteiger partial charge in [-0.3, -0.25) is 4.79 Å². The summed E-state index contributed by atoms with van der Waals surface area (Å²) in [6.07, 6.45) is 0.517. The fourth-order valence-corrected chi connectivity index (χ4v) is 3.95. The average molecular weight is 320 g/mol. The number of aromatic amines is 1. The van der Waals surface area contributed by atoms with Gasteiger partial charge in [0.2, 0.25) is 9.84 Å². The first-order valence-corrected chi connectivity index (χ1v) is 7.96. The van der Waals surface area contributed by atoms with Crippen LogP contribution in [0.25, 0.3) is 10.9 Å². The first kappa shape index (κ1) is 13.9. The Hall–Kier alpha value is -2.11. The predicted octanol–water partition coefficient (Wildman–Crippen LogP) is 3.47. The number of sulfone groups is 1. The smallest absolute Gasteiger partial charge is 0.209 e. The molecule has 3 aromatic rings. The zero-order valence-electron chi connectivity index (χ0n) is 10.7. The number of fused-ring (bicyclic) bond motifs is 1. The molecule has 1 aromatic heterocycles. The van der Waals surface area contributed by atoms with Crippen LogP contribution in [0, 0.1) is 0 Å². The molecule has 1 heterocycles. The zero-order valence-corrected chi connectivity index (χ0v) is 12.3. The summed E-state index contributed by atoms with van der Waals surface area (Å²) < 4.78 is 25.6. The number of aldehydes is 1. The third-order valence-electron chi connectivity index (χ3n) is 3.20. The van der Waals surface area contributed by atoms with E-state index in [9.17, 15) is 13.2 Å². The lowest BCUT2D eigenvalue weighted by Gasteiger charge is -2.04. The van der Waals surface area contributed by atoms with E-state index in [-0.39, 0.29) is 15.5 Å². The fourth-order valence-electron chi connectivity index (χ4n) is 2.24. The van der Waals surface area contributed by atoms with Crippen molar-refractivity contribution in [3.05, 3.63) is 59.2 Å². The Morgan fingerprint density at radius 1 is 1.00 bits per heavy atom. The van der Waals surface area contributed by atoms with Crippen molar-refractivity contribution in [1.29, 1.82) is 0 Å². The van der Waals surface area contributed by atoms with Crippen LogP contribution in [0.4, 0.5) is 0 Å². The number of hydrogen-bond acceptors (Lipinski definition) is 3. The Bertz CT molecular complexity index is 927. The zero-order chi connectivity index (χ0) is 15.0. The van der Waals surface area contributed by atoms with Crippen LogP contribution in [-0.4, -0.2) is 19.7 Å². The maximum absolute atomic E-state index is 12.8. The topological polar surface area (TPSA) is 67.0 Å². The first-order chi connectivity index (χ1) is 10.0. The van der Waals surface area contributed by atoms with Gasteiger partial charge in [-0.2, -0.15) is 0 Å². The quantitative estimate of drug-likeness (QED) is 0.752. The molecule has 0 bridgehead atoms. The van der Waals surface area contributed by atoms with Gasteiger partial charge in [0.1, 0.15) is 4.90 Å². The number of rotatable bonds is 3. The lowest BCUT2D eigenvalue weighted by molar-refractivity contribution is 0.111. The lowest BCUT2D eigenvalue weighted by atomic mass is 10.2. The Morgan fingerprint density at radius 3 is 2.33 bits per heavy atom. The van der Waals surface area contributed by atoms with E-state index < -0.39 is 9.84 Å². The number of benzene rings is 2. The summed E-state index contributed by atoms with van der Waals surface area (Å²) in [6.45, 7) is 0. The predicted molar refractivity (Wildman–Crippen MR) is 80.6 cm³/mol. The summed E-state index contributed by atoms with van der Waals surface area (Å²) in [5.41, 5.74) is 0.651. The van der Waals surface area contributed by atoms with Gasteiger partial charge < -0.3 is 4.98 Å². The van der Waals surface area contributed by atoms with Crippen molar-refractivity contribution >= 4 is 38.6 Å². The number of carbonyl (C=O) groups excluding carboxylic acids is 1. The van der Waals surface area contributed by atoms with Gasteiger partial charge in [0.25, 0.3) is 0 Å². The minimum absolute atomic E-state index is 0.00424. The Labute approximate surface area is 126 Å². The molecule has 0 aliphatic heterocycles. The molecule has 2 aromatic carbocycles. The minimum Gasteiger partial charge on any atom is -0.351 e. The highest BCUT2D eigenvalue weighted by molar-refractivity contribution is 7.91. The molecule has 0 aliphatic rings. The van der Waals surface area contributed by atoms with Gasteiger partial charge in [0.05, 0.1) is 10.6 Å². The summed E-state index contributed by atoms with van der Waals surface area (Å²) >= 11 is 5.78. The summed E-state index contributed by atoms with van der Waals surface area (Å²) in [7, 11) is -3.80. The second-order valence-electron chi connectivity index (χ2n) is 4.49. The normalized spacial score (nSPS) is 11.7. The van der Waals surface area contributed by atoms with Crippen molar-refractivity contribution in [3.8, 4) is 0 Å². The molecule has 0 radical (unpaired) electrons. The summed E-state index contributed by atoms with van der Waals surface area (Å²) in [5, 5.41) is 0.943. The Kier molecular flexibility index (Phi) is 3.31. The summed E-state index contributed by atoms with van der Waals surface area (Å²) in [6, 6.07) is 12.7. The van der Waals surface area contributed by atoms with E-state index in [1.165, 1.54) is 24.3 Å². The van der Waals surface area contributed by atoms with E-state index in [1.54, 1.807) is 24.3 Å². The average Bonchev–Trinajstić information content (AvgIpc) is 2.87. The highest BCUT2D eigenvalue weighted by Gasteiger charge is 2.25. The van der Waals surface area contributed by atoms with Crippen molar-refractivity contribution in [2.45, 2.75) is 9.79 Å². The highest BCUT2D eigenvalue weighted by atomic mass is 35.5. The number of nitrogens with one attached hydrogen (secondary N) is 1. The molecule has 0 aliphatic carbocycles. The number of aromatic nitrogens is 1. The van der Waals surface area contributed by atoms with Crippen LogP contribution in [0.2, 0.25) is 5.02 Å². The molecular formula is C15H10ClNO3S. The molecule has 0 unspecified atom stereocenters. The van der Waals surface area contributed by atoms with Crippen LogP contribution in [0.15, 0.2) is 58.3 Å². The third-order valence-corrected chi connectivity index (χ3v) is 5.32. The van der Waals surface area contributed by atoms with Crippen LogP contribution >= 0.6 is 11.6 Å². The fraction of sp³-hybridized carbons (Fsp3) is 0. The second-order valence-corrected chi connectivity index (χ2v) is 6.81. The van der Waals surface area contributed by atoms with Crippen LogP contribution in [0.1, 0.15) is 10.5 Å². The van der Waals surface area contributed by atoms with E-state index in [4.69, 9.17) is 11.6 Å². The Morgan fingerprint density at radius 2 is 1.67 bits per heavy atom. The molecule has 0 spiro atoms. The molecule has 0 saturated carbocycles. The molecule has 0 fully saturated rings. The van der Waals surface area contributed by atoms with Gasteiger partial charge in [-0.1, -0.05) is 29.8 Å². The first-order valence-electron chi connectivity index (χ1n) is 6.10. The SMILES string of the molecule is O=Cc1[nH]c2ccccc2c1S(=O)(=O)c1ccc(Cl)cc1. The van der Waals surface area contributed by atoms with E-state index >= 15 is 0 Å². The molecular weight excluding hydrogens is 310 g/mol. The van der Waals surface area contributed by atoms with Gasteiger partial charge >= 0.3 is 0 Å². The van der Waals surface area contributed by atoms with Gasteiger partial charge in [0, 0.05) is 15.9 Å². The number of hydrogen-bond donors (Lipinski definition) is 1. The van der Waals surface area contributed by atoms with E-state index in [0.717, 1.165) is 0 Å². The molecule has 4 nitrogen and oxygen atoms in total. The van der Waals surface area contributed by atoms with Crippen LogP contribution in [0.3, 0.4) is 0 Å². The Balaban J connectivity index is 2.32. The third kappa shape index (κ3) is 2.24. The van der Waals surface area contributed by atoms with Crippen molar-refractivity contribution in [3.63, 3.8) is 0 Å². The number of para-hydroxylation sites is 1. The summed E-state index contributed by atoms with van der Waals surface area (Å²) in [4.78, 5) is 14.1. The van der Waals surface area contributed by atoms with Crippen LogP contribution in [-0.2, 0) is 9.84 Å². The molecule has 3 rings (SSSR count). The summed E-state index contributed by atoms with van der Waals surface area (Å²) in [5.74, 6) is 0. The standard InChI is InChI=1S/C15H10ClNO3S/c16-10-5-7-11(8-6-10)21(19,20)15-12-3-1-2-4-13(12)17-14(15)9-18/h1-9,17H. The van der Waals surface area contributed by atoms with Crippen molar-refractivity contribution < 1.29 is 13.2 Å². The maximum Gasteiger partial charge on any atom is 0.209 e. The molecule has 1 N–H and O–H groups in total. The molecule has 0 atom stereocenters. The molecule has 106 valence electrons. The largest absolute Gasteiger partial charge is 0.351 e. The van der Waals surface area contributed by atoms with Gasteiger partial charge in [-0.15, -0.1) is 0 Å². The van der Waals surface area contributed by atoms with Crippen molar-refractivity contribution in [2.24, 2.45) is 0 Å². The van der Waals surface area contributed by atoms with Gasteiger partial charge in [-0.05, 0) is 30.3 Å². The monoisotopic (exact) mass is 319 g/mol. The highest BCUT2D eigenvalue weighted by Crippen LogP contribution is 2.31. The molecule has 0 amide bonds. The van der Waals surface area contributed by atoms with Gasteiger partial charge in [0.15, 0.2) is 6.29 Å². The molecule has 6 heteroatoms. The molecule has 0 saturated heterocycles. The van der Waals surface area contributed by atoms with Crippen molar-refractivity contribution in [2.75, 3.05) is 0 Å². The lowest BCUT2D eigenvalue weighted by Crippen LogP contribution is -2.04. The van der Waals surface area contributed by atoms with Gasteiger partial charge in [-0.25, -0.2) is 8.42 Å². The molecule has 21 heavy (non-hydrogen) atoms. The minimum atomic E-state index is -3.80. The second kappa shape index (κ2) is 5.02. The number of halogens is 1. The van der Waals surface area contributed by atoms with Crippen LogP contribution < -0.4 is 0 Å². The van der Waals surface area contributed by atoms with E-state index in [2.05, 4.69) is 4.98 Å². The number of H-pyrrole nitrogens is 1. The van der Waals surface area contributed by atoms with Crippen LogP contribution in [0.5, 0.6) is 0 Å². The number of carbonyl (C=O) groups is 1.